The second-order valence-corrected chi connectivity index (χ2v) is 6.41. The van der Waals surface area contributed by atoms with Gasteiger partial charge in [0.2, 0.25) is 0 Å². The van der Waals surface area contributed by atoms with E-state index in [-0.39, 0.29) is 0 Å². The smallest absolute Gasteiger partial charge is 0.0700 e. The number of hydrogen-bond acceptors (Lipinski definition) is 2. The quantitative estimate of drug-likeness (QED) is 0.287. The van der Waals surface area contributed by atoms with E-state index in [0.29, 0.717) is 0 Å². The molecule has 25 heavy (non-hydrogen) atoms. The number of hydrogen-bond donors (Lipinski definition) is 0. The minimum absolute atomic E-state index is 0.730. The molecule has 2 heteroatoms. The summed E-state index contributed by atoms with van der Waals surface area (Å²) in [5.41, 5.74) is 1.13. The molecule has 0 saturated carbocycles. The van der Waals surface area contributed by atoms with E-state index in [1.54, 1.807) is 0 Å². The maximum absolute atomic E-state index is 5.52. The highest BCUT2D eigenvalue weighted by atomic mass is 16.5. The van der Waals surface area contributed by atoms with Crippen molar-refractivity contribution in [2.45, 2.75) is 71.1 Å². The van der Waals surface area contributed by atoms with Gasteiger partial charge in [-0.25, -0.2) is 0 Å². The number of benzene rings is 1. The average Bonchev–Trinajstić information content (AvgIpc) is 2.65. The van der Waals surface area contributed by atoms with Crippen molar-refractivity contribution in [2.75, 3.05) is 26.4 Å². The standard InChI is InChI=1S/C23H36O2/c1-2-24-21-22-25-20-16-11-9-7-5-3-4-6-8-10-13-17-23-18-14-12-15-19-23/h12,14-15,18-19H,2-11,16,20-22H2,1H3. The molecule has 0 unspecified atom stereocenters. The molecule has 2 nitrogen and oxygen atoms in total. The molecule has 0 heterocycles. The lowest BCUT2D eigenvalue weighted by atomic mass is 10.1. The number of unbranched alkanes of at least 4 members (excludes halogenated alkanes) is 9. The molecule has 0 aromatic heterocycles. The molecule has 0 spiro atoms. The van der Waals surface area contributed by atoms with Crippen LogP contribution >= 0.6 is 0 Å². The third-order valence-corrected chi connectivity index (χ3v) is 4.17. The lowest BCUT2D eigenvalue weighted by molar-refractivity contribution is 0.0512. The van der Waals surface area contributed by atoms with Gasteiger partial charge in [-0.3, -0.25) is 0 Å². The van der Waals surface area contributed by atoms with Crippen molar-refractivity contribution in [1.29, 1.82) is 0 Å². The molecular formula is C23H36O2. The summed E-state index contributed by atoms with van der Waals surface area (Å²) in [5.74, 6) is 6.51. The summed E-state index contributed by atoms with van der Waals surface area (Å²) in [4.78, 5) is 0. The molecule has 1 aromatic rings. The van der Waals surface area contributed by atoms with Gasteiger partial charge in [-0.15, -0.1) is 0 Å². The van der Waals surface area contributed by atoms with Gasteiger partial charge < -0.3 is 9.47 Å². The Hall–Kier alpha value is -1.30. The molecule has 0 aliphatic carbocycles. The highest BCUT2D eigenvalue weighted by Gasteiger charge is 1.93. The fourth-order valence-corrected chi connectivity index (χ4v) is 2.71. The van der Waals surface area contributed by atoms with Gasteiger partial charge in [-0.05, 0) is 31.9 Å². The van der Waals surface area contributed by atoms with Crippen molar-refractivity contribution in [3.8, 4) is 11.8 Å². The van der Waals surface area contributed by atoms with E-state index in [4.69, 9.17) is 9.47 Å². The van der Waals surface area contributed by atoms with Crippen LogP contribution in [0.4, 0.5) is 0 Å². The summed E-state index contributed by atoms with van der Waals surface area (Å²) in [6, 6.07) is 10.3. The maximum Gasteiger partial charge on any atom is 0.0700 e. The van der Waals surface area contributed by atoms with Gasteiger partial charge in [0.05, 0.1) is 13.2 Å². The zero-order valence-corrected chi connectivity index (χ0v) is 16.1. The Kier molecular flexibility index (Phi) is 15.2. The Morgan fingerprint density at radius 2 is 1.28 bits per heavy atom. The fraction of sp³-hybridized carbons (Fsp3) is 0.652. The van der Waals surface area contributed by atoms with E-state index >= 15 is 0 Å². The van der Waals surface area contributed by atoms with E-state index in [2.05, 4.69) is 24.0 Å². The molecule has 0 radical (unpaired) electrons. The van der Waals surface area contributed by atoms with Crippen molar-refractivity contribution < 1.29 is 9.47 Å². The molecule has 0 bridgehead atoms. The van der Waals surface area contributed by atoms with Gasteiger partial charge in [-0.1, -0.05) is 75.0 Å². The zero-order valence-electron chi connectivity index (χ0n) is 16.1. The monoisotopic (exact) mass is 344 g/mol. The SMILES string of the molecule is CCOCCOCCCCCCCCCCCC#Cc1ccccc1. The molecule has 0 N–H and O–H groups in total. The summed E-state index contributed by atoms with van der Waals surface area (Å²) < 4.78 is 10.8. The van der Waals surface area contributed by atoms with Gasteiger partial charge in [0.15, 0.2) is 0 Å². The summed E-state index contributed by atoms with van der Waals surface area (Å²) >= 11 is 0. The van der Waals surface area contributed by atoms with Crippen LogP contribution < -0.4 is 0 Å². The molecule has 0 saturated heterocycles. The van der Waals surface area contributed by atoms with Crippen LogP contribution in [0.2, 0.25) is 0 Å². The molecule has 0 amide bonds. The average molecular weight is 345 g/mol. The van der Waals surface area contributed by atoms with E-state index in [9.17, 15) is 0 Å². The second kappa shape index (κ2) is 17.5. The Balaban J connectivity index is 1.76. The lowest BCUT2D eigenvalue weighted by Crippen LogP contribution is -2.04. The largest absolute Gasteiger partial charge is 0.379 e. The van der Waals surface area contributed by atoms with Gasteiger partial charge >= 0.3 is 0 Å². The van der Waals surface area contributed by atoms with Gasteiger partial charge in [0, 0.05) is 25.2 Å². The Morgan fingerprint density at radius 3 is 1.96 bits per heavy atom. The normalized spacial score (nSPS) is 10.4. The minimum Gasteiger partial charge on any atom is -0.379 e. The van der Waals surface area contributed by atoms with Crippen LogP contribution in [0.25, 0.3) is 0 Å². The molecule has 1 rings (SSSR count). The maximum atomic E-state index is 5.52. The van der Waals surface area contributed by atoms with Crippen molar-refractivity contribution in [1.82, 2.24) is 0 Å². The predicted octanol–water partition coefficient (Wildman–Crippen LogP) is 5.99. The molecule has 140 valence electrons. The van der Waals surface area contributed by atoms with E-state index in [1.165, 1.54) is 57.8 Å². The van der Waals surface area contributed by atoms with Crippen LogP contribution in [-0.2, 0) is 9.47 Å². The summed E-state index contributed by atoms with van der Waals surface area (Å²) in [7, 11) is 0. The van der Waals surface area contributed by atoms with Crippen LogP contribution in [0.5, 0.6) is 0 Å². The Morgan fingerprint density at radius 1 is 0.680 bits per heavy atom. The molecule has 1 aromatic carbocycles. The van der Waals surface area contributed by atoms with Crippen LogP contribution in [0, 0.1) is 11.8 Å². The summed E-state index contributed by atoms with van der Waals surface area (Å²) in [6.45, 7) is 5.15. The Bertz CT molecular complexity index is 444. The van der Waals surface area contributed by atoms with Crippen molar-refractivity contribution in [3.63, 3.8) is 0 Å². The van der Waals surface area contributed by atoms with E-state index < -0.39 is 0 Å². The third kappa shape index (κ3) is 14.7. The molecule has 0 atom stereocenters. The number of rotatable bonds is 15. The van der Waals surface area contributed by atoms with Crippen LogP contribution in [0.1, 0.15) is 76.7 Å². The van der Waals surface area contributed by atoms with Gasteiger partial charge in [0.1, 0.15) is 0 Å². The van der Waals surface area contributed by atoms with E-state index in [1.807, 2.05) is 25.1 Å². The topological polar surface area (TPSA) is 18.5 Å². The zero-order chi connectivity index (χ0) is 17.8. The molecule has 0 aliphatic rings. The predicted molar refractivity (Wildman–Crippen MR) is 107 cm³/mol. The van der Waals surface area contributed by atoms with Crippen molar-refractivity contribution in [2.24, 2.45) is 0 Å². The molecule has 0 fully saturated rings. The van der Waals surface area contributed by atoms with Crippen LogP contribution in [0.15, 0.2) is 30.3 Å². The van der Waals surface area contributed by atoms with E-state index in [0.717, 1.165) is 38.4 Å². The molecular weight excluding hydrogens is 308 g/mol. The minimum atomic E-state index is 0.730. The van der Waals surface area contributed by atoms with Gasteiger partial charge in [0.25, 0.3) is 0 Å². The summed E-state index contributed by atoms with van der Waals surface area (Å²) in [5, 5.41) is 0. The molecule has 0 aliphatic heterocycles. The highest BCUT2D eigenvalue weighted by Crippen LogP contribution is 2.10. The third-order valence-electron chi connectivity index (χ3n) is 4.17. The Labute approximate surface area is 155 Å². The lowest BCUT2D eigenvalue weighted by Gasteiger charge is -2.04. The van der Waals surface area contributed by atoms with Crippen molar-refractivity contribution >= 4 is 0 Å². The van der Waals surface area contributed by atoms with Crippen LogP contribution in [0.3, 0.4) is 0 Å². The van der Waals surface area contributed by atoms with Crippen molar-refractivity contribution in [3.05, 3.63) is 35.9 Å². The number of ether oxygens (including phenoxy) is 2. The first-order valence-electron chi connectivity index (χ1n) is 10.1. The first kappa shape index (κ1) is 21.7. The first-order valence-corrected chi connectivity index (χ1v) is 10.1. The summed E-state index contributed by atoms with van der Waals surface area (Å²) in [6.07, 6.45) is 12.9. The van der Waals surface area contributed by atoms with Gasteiger partial charge in [-0.2, -0.15) is 0 Å². The van der Waals surface area contributed by atoms with Crippen LogP contribution in [-0.4, -0.2) is 26.4 Å². The fourth-order valence-electron chi connectivity index (χ4n) is 2.71. The second-order valence-electron chi connectivity index (χ2n) is 6.41. The first-order chi connectivity index (χ1) is 12.4. The highest BCUT2D eigenvalue weighted by molar-refractivity contribution is 5.33.